The molecule has 16 heavy (non-hydrogen) atoms. The first-order valence-corrected chi connectivity index (χ1v) is 4.64. The summed E-state index contributed by atoms with van der Waals surface area (Å²) >= 11 is 0. The Kier molecular flexibility index (Phi) is 3.96. The molecule has 1 aromatic rings. The van der Waals surface area contributed by atoms with E-state index < -0.39 is 24.0 Å². The number of nitrogens with one attached hydrogen (secondary N) is 1. The van der Waals surface area contributed by atoms with Gasteiger partial charge in [-0.15, -0.1) is 0 Å². The minimum absolute atomic E-state index is 0.245. The number of pyridine rings is 1. The van der Waals surface area contributed by atoms with E-state index >= 15 is 0 Å². The van der Waals surface area contributed by atoms with E-state index in [2.05, 4.69) is 10.3 Å². The number of amides is 1. The highest BCUT2D eigenvalue weighted by Gasteiger charge is 2.25. The lowest BCUT2D eigenvalue weighted by atomic mass is 10.1. The van der Waals surface area contributed by atoms with Crippen molar-refractivity contribution in [1.29, 1.82) is 0 Å². The SMILES string of the molecule is C[C@H](O)[C@H](NC(=O)c1cccnc1)C(=O)O. The number of aliphatic hydroxyl groups excluding tert-OH is 1. The standard InChI is InChI=1S/C10H12N2O4/c1-6(13)8(10(15)16)12-9(14)7-3-2-4-11-5-7/h2-6,8,13H,1H3,(H,12,14)(H,15,16)/t6-,8-/m0/s1. The normalized spacial score (nSPS) is 13.9. The van der Waals surface area contributed by atoms with Gasteiger partial charge in [-0.2, -0.15) is 0 Å². The van der Waals surface area contributed by atoms with Crippen LogP contribution in [0.4, 0.5) is 0 Å². The van der Waals surface area contributed by atoms with Crippen LogP contribution in [0.25, 0.3) is 0 Å². The number of carboxylic acids is 1. The Hall–Kier alpha value is -1.95. The number of rotatable bonds is 4. The Bertz CT molecular complexity index is 378. The fourth-order valence-corrected chi connectivity index (χ4v) is 1.11. The van der Waals surface area contributed by atoms with Gasteiger partial charge in [-0.1, -0.05) is 0 Å². The zero-order valence-corrected chi connectivity index (χ0v) is 8.62. The molecule has 0 aromatic carbocycles. The maximum Gasteiger partial charge on any atom is 0.328 e. The van der Waals surface area contributed by atoms with Gasteiger partial charge in [0, 0.05) is 12.4 Å². The average Bonchev–Trinajstić information content (AvgIpc) is 2.25. The highest BCUT2D eigenvalue weighted by Crippen LogP contribution is 1.99. The number of hydrogen-bond donors (Lipinski definition) is 3. The molecule has 0 saturated heterocycles. The Morgan fingerprint density at radius 2 is 2.19 bits per heavy atom. The number of carbonyl (C=O) groups excluding carboxylic acids is 1. The third-order valence-corrected chi connectivity index (χ3v) is 1.96. The maximum absolute atomic E-state index is 11.5. The minimum atomic E-state index is -1.33. The summed E-state index contributed by atoms with van der Waals surface area (Å²) in [6, 6.07) is 1.74. The molecule has 0 fully saturated rings. The fourth-order valence-electron chi connectivity index (χ4n) is 1.11. The Morgan fingerprint density at radius 1 is 1.50 bits per heavy atom. The smallest absolute Gasteiger partial charge is 0.328 e. The lowest BCUT2D eigenvalue weighted by molar-refractivity contribution is -0.141. The van der Waals surface area contributed by atoms with Gasteiger partial charge in [0.2, 0.25) is 0 Å². The second-order valence-electron chi connectivity index (χ2n) is 3.27. The predicted molar refractivity (Wildman–Crippen MR) is 54.8 cm³/mol. The van der Waals surface area contributed by atoms with Crippen molar-refractivity contribution in [2.24, 2.45) is 0 Å². The molecule has 6 heteroatoms. The molecule has 0 unspecified atom stereocenters. The van der Waals surface area contributed by atoms with Gasteiger partial charge in [0.1, 0.15) is 0 Å². The van der Waals surface area contributed by atoms with Gasteiger partial charge >= 0.3 is 5.97 Å². The maximum atomic E-state index is 11.5. The van der Waals surface area contributed by atoms with Gasteiger partial charge < -0.3 is 15.5 Å². The molecule has 0 aliphatic carbocycles. The molecule has 0 bridgehead atoms. The van der Waals surface area contributed by atoms with Crippen molar-refractivity contribution in [2.45, 2.75) is 19.1 Å². The van der Waals surface area contributed by atoms with E-state index in [4.69, 9.17) is 10.2 Å². The van der Waals surface area contributed by atoms with Crippen LogP contribution in [0.2, 0.25) is 0 Å². The van der Waals surface area contributed by atoms with Crippen LogP contribution in [-0.4, -0.2) is 39.2 Å². The van der Waals surface area contributed by atoms with Gasteiger partial charge in [0.15, 0.2) is 6.04 Å². The van der Waals surface area contributed by atoms with Gasteiger partial charge in [0.05, 0.1) is 11.7 Å². The van der Waals surface area contributed by atoms with E-state index in [0.29, 0.717) is 0 Å². The number of hydrogen-bond acceptors (Lipinski definition) is 4. The number of aliphatic carboxylic acids is 1. The van der Waals surface area contributed by atoms with Crippen molar-refractivity contribution < 1.29 is 19.8 Å². The Balaban J connectivity index is 2.74. The van der Waals surface area contributed by atoms with Crippen LogP contribution < -0.4 is 5.32 Å². The van der Waals surface area contributed by atoms with Gasteiger partial charge in [-0.25, -0.2) is 4.79 Å². The first kappa shape index (κ1) is 12.1. The second-order valence-corrected chi connectivity index (χ2v) is 3.27. The molecule has 2 atom stereocenters. The van der Waals surface area contributed by atoms with Crippen molar-refractivity contribution >= 4 is 11.9 Å². The van der Waals surface area contributed by atoms with Crippen molar-refractivity contribution in [1.82, 2.24) is 10.3 Å². The quantitative estimate of drug-likeness (QED) is 0.649. The molecule has 0 saturated carbocycles. The van der Waals surface area contributed by atoms with Gasteiger partial charge in [-0.05, 0) is 19.1 Å². The molecule has 1 heterocycles. The second kappa shape index (κ2) is 5.22. The summed E-state index contributed by atoms with van der Waals surface area (Å²) in [5.74, 6) is -1.87. The first-order valence-electron chi connectivity index (χ1n) is 4.64. The Morgan fingerprint density at radius 3 is 2.62 bits per heavy atom. The Labute approximate surface area is 91.9 Å². The van der Waals surface area contributed by atoms with E-state index in [1.54, 1.807) is 6.07 Å². The lowest BCUT2D eigenvalue weighted by Gasteiger charge is -2.16. The van der Waals surface area contributed by atoms with E-state index in [0.717, 1.165) is 0 Å². The van der Waals surface area contributed by atoms with Crippen LogP contribution in [0.1, 0.15) is 17.3 Å². The molecular weight excluding hydrogens is 212 g/mol. The average molecular weight is 224 g/mol. The molecule has 0 aliphatic heterocycles. The topological polar surface area (TPSA) is 99.5 Å². The third-order valence-electron chi connectivity index (χ3n) is 1.96. The number of carboxylic acid groups (broad SMARTS) is 1. The van der Waals surface area contributed by atoms with Crippen molar-refractivity contribution in [3.05, 3.63) is 30.1 Å². The number of aromatic nitrogens is 1. The van der Waals surface area contributed by atoms with Crippen LogP contribution in [0.5, 0.6) is 0 Å². The molecule has 1 aromatic heterocycles. The summed E-state index contributed by atoms with van der Waals surface area (Å²) in [5, 5.41) is 20.1. The van der Waals surface area contributed by atoms with Crippen LogP contribution in [-0.2, 0) is 4.79 Å². The molecular formula is C10H12N2O4. The van der Waals surface area contributed by atoms with E-state index in [9.17, 15) is 9.59 Å². The molecule has 86 valence electrons. The summed E-state index contributed by atoms with van der Waals surface area (Å²) in [6.45, 7) is 1.29. The zero-order chi connectivity index (χ0) is 12.1. The summed E-state index contributed by atoms with van der Waals surface area (Å²) in [5.41, 5.74) is 0.245. The van der Waals surface area contributed by atoms with Crippen LogP contribution in [0.15, 0.2) is 24.5 Å². The van der Waals surface area contributed by atoms with Crippen molar-refractivity contribution in [2.75, 3.05) is 0 Å². The highest BCUT2D eigenvalue weighted by molar-refractivity contribution is 5.96. The van der Waals surface area contributed by atoms with Crippen molar-refractivity contribution in [3.63, 3.8) is 0 Å². The van der Waals surface area contributed by atoms with Crippen LogP contribution in [0.3, 0.4) is 0 Å². The summed E-state index contributed by atoms with van der Waals surface area (Å²) in [6.07, 6.45) is 1.65. The first-order chi connectivity index (χ1) is 7.52. The molecule has 0 aliphatic rings. The largest absolute Gasteiger partial charge is 0.480 e. The minimum Gasteiger partial charge on any atom is -0.480 e. The van der Waals surface area contributed by atoms with Crippen LogP contribution >= 0.6 is 0 Å². The molecule has 0 spiro atoms. The van der Waals surface area contributed by atoms with Crippen molar-refractivity contribution in [3.8, 4) is 0 Å². The molecule has 1 rings (SSSR count). The van der Waals surface area contributed by atoms with E-state index in [1.165, 1.54) is 25.4 Å². The van der Waals surface area contributed by atoms with Gasteiger partial charge in [0.25, 0.3) is 5.91 Å². The lowest BCUT2D eigenvalue weighted by Crippen LogP contribution is -2.47. The number of carbonyl (C=O) groups is 2. The molecule has 0 radical (unpaired) electrons. The zero-order valence-electron chi connectivity index (χ0n) is 8.62. The van der Waals surface area contributed by atoms with Crippen LogP contribution in [0, 0.1) is 0 Å². The molecule has 3 N–H and O–H groups in total. The van der Waals surface area contributed by atoms with E-state index in [-0.39, 0.29) is 5.56 Å². The van der Waals surface area contributed by atoms with E-state index in [1.807, 2.05) is 0 Å². The molecule has 1 amide bonds. The molecule has 6 nitrogen and oxygen atoms in total. The third kappa shape index (κ3) is 3.03. The number of aliphatic hydroxyl groups is 1. The fraction of sp³-hybridized carbons (Fsp3) is 0.300. The number of nitrogens with zero attached hydrogens (tertiary/aromatic N) is 1. The monoisotopic (exact) mass is 224 g/mol. The predicted octanol–water partition coefficient (Wildman–Crippen LogP) is -0.355. The highest BCUT2D eigenvalue weighted by atomic mass is 16.4. The summed E-state index contributed by atoms with van der Waals surface area (Å²) < 4.78 is 0. The summed E-state index contributed by atoms with van der Waals surface area (Å²) in [7, 11) is 0. The van der Waals surface area contributed by atoms with Gasteiger partial charge in [-0.3, -0.25) is 9.78 Å². The summed E-state index contributed by atoms with van der Waals surface area (Å²) in [4.78, 5) is 26.0.